The molecule has 3 aromatic carbocycles. The van der Waals surface area contributed by atoms with Crippen molar-refractivity contribution in [1.29, 1.82) is 0 Å². The molecule has 1 aliphatic heterocycles. The summed E-state index contributed by atoms with van der Waals surface area (Å²) in [5, 5.41) is 5.87. The van der Waals surface area contributed by atoms with Crippen LogP contribution in [0, 0.1) is 0 Å². The average molecular weight is 411 g/mol. The maximum atomic E-state index is 6.78. The van der Waals surface area contributed by atoms with Crippen molar-refractivity contribution in [2.45, 2.75) is 0 Å². The lowest BCUT2D eigenvalue weighted by Gasteiger charge is -2.16. The number of aliphatic imine (C=N–C) groups is 1. The van der Waals surface area contributed by atoms with Crippen molar-refractivity contribution >= 4 is 28.2 Å². The summed E-state index contributed by atoms with van der Waals surface area (Å²) in [6.45, 7) is 2.46. The number of halogens is 1. The average Bonchev–Trinajstić information content (AvgIpc) is 3.29. The summed E-state index contributed by atoms with van der Waals surface area (Å²) in [6, 6.07) is 16.3. The first-order valence-electron chi connectivity index (χ1n) is 9.52. The normalized spacial score (nSPS) is 13.3. The number of nitrogens with one attached hydrogen (secondary N) is 1. The molecule has 1 aliphatic rings. The summed E-state index contributed by atoms with van der Waals surface area (Å²) in [5.41, 5.74) is 3.05. The molecule has 6 heteroatoms. The Kier molecular flexibility index (Phi) is 5.88. The lowest BCUT2D eigenvalue weighted by atomic mass is 9.98. The quantitative estimate of drug-likeness (QED) is 0.581. The topological polar surface area (TPSA) is 52.1 Å². The molecule has 1 heterocycles. The van der Waals surface area contributed by atoms with Crippen LogP contribution >= 0.6 is 11.6 Å². The van der Waals surface area contributed by atoms with Crippen LogP contribution in [0.4, 0.5) is 0 Å². The Bertz CT molecular complexity index is 1070. The van der Waals surface area contributed by atoms with E-state index in [1.54, 1.807) is 14.2 Å². The molecule has 0 radical (unpaired) electrons. The van der Waals surface area contributed by atoms with Gasteiger partial charge in [-0.1, -0.05) is 35.9 Å². The first-order chi connectivity index (χ1) is 14.2. The van der Waals surface area contributed by atoms with Gasteiger partial charge >= 0.3 is 0 Å². The summed E-state index contributed by atoms with van der Waals surface area (Å²) in [5.74, 6) is 2.28. The standard InChI is InChI=1S/C23H23ClN2O3/c1-27-10-11-29-22-20(23-25-8-9-26-23)14-17-12-16(6-7-19(17)21(22)24)15-4-3-5-18(13-15)28-2/h3-7,12-14H,8-11H2,1-2H3,(H,25,26). The number of amidine groups is 1. The third-order valence-corrected chi connectivity index (χ3v) is 5.27. The summed E-state index contributed by atoms with van der Waals surface area (Å²) >= 11 is 6.78. The lowest BCUT2D eigenvalue weighted by Crippen LogP contribution is -2.21. The molecule has 0 saturated carbocycles. The van der Waals surface area contributed by atoms with Gasteiger partial charge in [-0.25, -0.2) is 0 Å². The first kappa shape index (κ1) is 19.6. The van der Waals surface area contributed by atoms with Crippen LogP contribution in [-0.2, 0) is 4.74 Å². The molecule has 150 valence electrons. The summed E-state index contributed by atoms with van der Waals surface area (Å²) in [6.07, 6.45) is 0. The molecular formula is C23H23ClN2O3. The van der Waals surface area contributed by atoms with E-state index in [1.807, 2.05) is 24.3 Å². The van der Waals surface area contributed by atoms with Crippen LogP contribution in [0.1, 0.15) is 5.56 Å². The second kappa shape index (κ2) is 8.72. The van der Waals surface area contributed by atoms with E-state index in [1.165, 1.54) is 0 Å². The van der Waals surface area contributed by atoms with E-state index in [2.05, 4.69) is 34.6 Å². The van der Waals surface area contributed by atoms with Crippen LogP contribution in [0.25, 0.3) is 21.9 Å². The zero-order valence-corrected chi connectivity index (χ0v) is 17.3. The van der Waals surface area contributed by atoms with Gasteiger partial charge in [0.1, 0.15) is 23.9 Å². The van der Waals surface area contributed by atoms with E-state index in [0.29, 0.717) is 24.0 Å². The van der Waals surface area contributed by atoms with E-state index in [0.717, 1.165) is 52.1 Å². The van der Waals surface area contributed by atoms with Gasteiger partial charge in [-0.2, -0.15) is 0 Å². The third-order valence-electron chi connectivity index (χ3n) is 4.90. The van der Waals surface area contributed by atoms with Crippen molar-refractivity contribution in [1.82, 2.24) is 5.32 Å². The van der Waals surface area contributed by atoms with Crippen molar-refractivity contribution in [3.63, 3.8) is 0 Å². The molecule has 0 saturated heterocycles. The van der Waals surface area contributed by atoms with Crippen molar-refractivity contribution < 1.29 is 14.2 Å². The van der Waals surface area contributed by atoms with Crippen molar-refractivity contribution in [2.24, 2.45) is 4.99 Å². The molecule has 0 spiro atoms. The molecule has 0 aliphatic carbocycles. The molecular weight excluding hydrogens is 388 g/mol. The summed E-state index contributed by atoms with van der Waals surface area (Å²) in [7, 11) is 3.32. The fourth-order valence-corrected chi connectivity index (χ4v) is 3.78. The third kappa shape index (κ3) is 4.02. The monoisotopic (exact) mass is 410 g/mol. The first-order valence-corrected chi connectivity index (χ1v) is 9.90. The molecule has 0 aromatic heterocycles. The zero-order chi connectivity index (χ0) is 20.2. The van der Waals surface area contributed by atoms with Crippen LogP contribution in [-0.4, -0.2) is 46.4 Å². The minimum absolute atomic E-state index is 0.421. The molecule has 5 nitrogen and oxygen atoms in total. The molecule has 4 rings (SSSR count). The highest BCUT2D eigenvalue weighted by molar-refractivity contribution is 6.38. The highest BCUT2D eigenvalue weighted by Gasteiger charge is 2.20. The molecule has 0 fully saturated rings. The number of benzene rings is 3. The SMILES string of the molecule is COCCOc1c(C2=NCCN2)cc2cc(-c3cccc(OC)c3)ccc2c1Cl. The van der Waals surface area contributed by atoms with Crippen molar-refractivity contribution in [2.75, 3.05) is 40.5 Å². The molecule has 0 amide bonds. The number of hydrogen-bond acceptors (Lipinski definition) is 5. The molecule has 0 unspecified atom stereocenters. The number of hydrogen-bond donors (Lipinski definition) is 1. The Morgan fingerprint density at radius 1 is 1.03 bits per heavy atom. The van der Waals surface area contributed by atoms with Gasteiger partial charge in [-0.15, -0.1) is 0 Å². The fraction of sp³-hybridized carbons (Fsp3) is 0.261. The predicted molar refractivity (Wildman–Crippen MR) is 118 cm³/mol. The zero-order valence-electron chi connectivity index (χ0n) is 16.5. The van der Waals surface area contributed by atoms with E-state index >= 15 is 0 Å². The molecule has 3 aromatic rings. The van der Waals surface area contributed by atoms with Crippen LogP contribution in [0.3, 0.4) is 0 Å². The highest BCUT2D eigenvalue weighted by atomic mass is 35.5. The number of nitrogens with zero attached hydrogens (tertiary/aromatic N) is 1. The van der Waals surface area contributed by atoms with Gasteiger partial charge in [-0.05, 0) is 40.8 Å². The van der Waals surface area contributed by atoms with Gasteiger partial charge in [0.05, 0.1) is 30.8 Å². The van der Waals surface area contributed by atoms with Gasteiger partial charge in [0.15, 0.2) is 0 Å². The Hall–Kier alpha value is -2.76. The lowest BCUT2D eigenvalue weighted by molar-refractivity contribution is 0.146. The van der Waals surface area contributed by atoms with Crippen LogP contribution in [0.15, 0.2) is 53.5 Å². The van der Waals surface area contributed by atoms with Gasteiger partial charge < -0.3 is 19.5 Å². The summed E-state index contributed by atoms with van der Waals surface area (Å²) < 4.78 is 16.5. The number of rotatable bonds is 7. The molecule has 0 atom stereocenters. The van der Waals surface area contributed by atoms with E-state index in [-0.39, 0.29) is 0 Å². The van der Waals surface area contributed by atoms with E-state index in [9.17, 15) is 0 Å². The minimum atomic E-state index is 0.421. The van der Waals surface area contributed by atoms with Crippen LogP contribution in [0.5, 0.6) is 11.5 Å². The van der Waals surface area contributed by atoms with Crippen LogP contribution in [0.2, 0.25) is 5.02 Å². The maximum absolute atomic E-state index is 6.78. The van der Waals surface area contributed by atoms with Crippen molar-refractivity contribution in [3.05, 3.63) is 59.1 Å². The van der Waals surface area contributed by atoms with Gasteiger partial charge in [0.2, 0.25) is 0 Å². The predicted octanol–water partition coefficient (Wildman–Crippen LogP) is 4.54. The highest BCUT2D eigenvalue weighted by Crippen LogP contribution is 2.39. The van der Waals surface area contributed by atoms with E-state index < -0.39 is 0 Å². The Morgan fingerprint density at radius 2 is 1.90 bits per heavy atom. The second-order valence-corrected chi connectivity index (χ2v) is 7.11. The van der Waals surface area contributed by atoms with Crippen molar-refractivity contribution in [3.8, 4) is 22.6 Å². The Balaban J connectivity index is 1.82. The Morgan fingerprint density at radius 3 is 2.66 bits per heavy atom. The smallest absolute Gasteiger partial charge is 0.149 e. The summed E-state index contributed by atoms with van der Waals surface area (Å²) in [4.78, 5) is 4.57. The fourth-order valence-electron chi connectivity index (χ4n) is 3.45. The number of methoxy groups -OCH3 is 2. The minimum Gasteiger partial charge on any atom is -0.497 e. The van der Waals surface area contributed by atoms with E-state index in [4.69, 9.17) is 25.8 Å². The number of fused-ring (bicyclic) bond motifs is 1. The Labute approximate surface area is 175 Å². The largest absolute Gasteiger partial charge is 0.497 e. The van der Waals surface area contributed by atoms with Gasteiger partial charge in [-0.3, -0.25) is 4.99 Å². The molecule has 1 N–H and O–H groups in total. The second-order valence-electron chi connectivity index (χ2n) is 6.73. The van der Waals surface area contributed by atoms with Gasteiger partial charge in [0, 0.05) is 19.0 Å². The van der Waals surface area contributed by atoms with Gasteiger partial charge in [0.25, 0.3) is 0 Å². The molecule has 29 heavy (non-hydrogen) atoms. The molecule has 0 bridgehead atoms. The number of ether oxygens (including phenoxy) is 3. The van der Waals surface area contributed by atoms with Crippen LogP contribution < -0.4 is 14.8 Å². The maximum Gasteiger partial charge on any atom is 0.149 e.